The number of phenols is 1. The second kappa shape index (κ2) is 6.59. The Hall–Kier alpha value is -1.78. The zero-order valence-corrected chi connectivity index (χ0v) is 11.8. The minimum atomic E-state index is -0.585. The summed E-state index contributed by atoms with van der Waals surface area (Å²) in [5.41, 5.74) is 0. The zero-order chi connectivity index (χ0) is 14.5. The van der Waals surface area contributed by atoms with E-state index in [1.54, 1.807) is 12.1 Å². The third kappa shape index (κ3) is 3.85. The molecule has 2 aromatic carbocycles. The van der Waals surface area contributed by atoms with E-state index in [-0.39, 0.29) is 12.4 Å². The van der Waals surface area contributed by atoms with Gasteiger partial charge in [-0.25, -0.2) is 0 Å². The molecular weight excluding hydrogens is 254 g/mol. The lowest BCUT2D eigenvalue weighted by Crippen LogP contribution is -2.35. The van der Waals surface area contributed by atoms with E-state index in [1.807, 2.05) is 38.1 Å². The smallest absolute Gasteiger partial charge is 0.130 e. The molecule has 2 aromatic rings. The minimum Gasteiger partial charge on any atom is -0.508 e. The predicted molar refractivity (Wildman–Crippen MR) is 80.3 cm³/mol. The third-order valence-corrected chi connectivity index (χ3v) is 3.00. The van der Waals surface area contributed by atoms with E-state index in [0.29, 0.717) is 18.3 Å². The second-order valence-electron chi connectivity index (χ2n) is 5.19. The molecule has 0 heterocycles. The molecule has 0 unspecified atom stereocenters. The Bertz CT molecular complexity index is 569. The van der Waals surface area contributed by atoms with E-state index < -0.39 is 6.10 Å². The molecule has 4 heteroatoms. The normalized spacial score (nSPS) is 12.8. The molecule has 108 valence electrons. The highest BCUT2D eigenvalue weighted by atomic mass is 16.5. The first-order chi connectivity index (χ1) is 9.56. The topological polar surface area (TPSA) is 61.7 Å². The van der Waals surface area contributed by atoms with Gasteiger partial charge in [0.25, 0.3) is 0 Å². The van der Waals surface area contributed by atoms with Crippen molar-refractivity contribution in [2.24, 2.45) is 0 Å². The molecule has 0 aliphatic rings. The van der Waals surface area contributed by atoms with Gasteiger partial charge in [-0.15, -0.1) is 0 Å². The molecule has 0 aromatic heterocycles. The monoisotopic (exact) mass is 275 g/mol. The molecule has 0 aliphatic heterocycles. The number of nitrogens with one attached hydrogen (secondary N) is 1. The van der Waals surface area contributed by atoms with Gasteiger partial charge >= 0.3 is 0 Å². The summed E-state index contributed by atoms with van der Waals surface area (Å²) in [5, 5.41) is 24.5. The number of benzene rings is 2. The van der Waals surface area contributed by atoms with E-state index in [2.05, 4.69) is 5.32 Å². The molecule has 4 nitrogen and oxygen atoms in total. The molecule has 3 N–H and O–H groups in total. The van der Waals surface area contributed by atoms with Crippen LogP contribution in [0.5, 0.6) is 11.5 Å². The SMILES string of the molecule is CC(C)NC[C@H](O)COc1cc(O)cc2ccccc12. The number of aliphatic hydroxyl groups excluding tert-OH is 1. The first-order valence-corrected chi connectivity index (χ1v) is 6.82. The number of hydrogen-bond donors (Lipinski definition) is 3. The van der Waals surface area contributed by atoms with Crippen LogP contribution in [-0.4, -0.2) is 35.5 Å². The van der Waals surface area contributed by atoms with Crippen LogP contribution in [0.4, 0.5) is 0 Å². The molecule has 0 radical (unpaired) electrons. The van der Waals surface area contributed by atoms with Crippen molar-refractivity contribution in [2.45, 2.75) is 26.0 Å². The standard InChI is InChI=1S/C16H21NO3/c1-11(2)17-9-14(19)10-20-16-8-13(18)7-12-5-3-4-6-15(12)16/h3-8,11,14,17-19H,9-10H2,1-2H3/t14-/m0/s1. The van der Waals surface area contributed by atoms with Gasteiger partial charge in [-0.05, 0) is 11.5 Å². The van der Waals surface area contributed by atoms with Gasteiger partial charge in [-0.3, -0.25) is 0 Å². The van der Waals surface area contributed by atoms with Crippen LogP contribution in [0.2, 0.25) is 0 Å². The highest BCUT2D eigenvalue weighted by Gasteiger charge is 2.09. The fourth-order valence-corrected chi connectivity index (χ4v) is 2.00. The van der Waals surface area contributed by atoms with Crippen LogP contribution < -0.4 is 10.1 Å². The van der Waals surface area contributed by atoms with Crippen molar-refractivity contribution >= 4 is 10.8 Å². The van der Waals surface area contributed by atoms with E-state index in [4.69, 9.17) is 4.74 Å². The lowest BCUT2D eigenvalue weighted by Gasteiger charge is -2.16. The van der Waals surface area contributed by atoms with Gasteiger partial charge in [0.15, 0.2) is 0 Å². The predicted octanol–water partition coefficient (Wildman–Crippen LogP) is 2.28. The Balaban J connectivity index is 2.06. The summed E-state index contributed by atoms with van der Waals surface area (Å²) in [6, 6.07) is 11.3. The maximum atomic E-state index is 9.85. The third-order valence-electron chi connectivity index (χ3n) is 3.00. The molecular formula is C16H21NO3. The van der Waals surface area contributed by atoms with Crippen molar-refractivity contribution in [2.75, 3.05) is 13.2 Å². The number of rotatable bonds is 6. The average Bonchev–Trinajstić information content (AvgIpc) is 2.42. The minimum absolute atomic E-state index is 0.161. The van der Waals surface area contributed by atoms with Crippen molar-refractivity contribution in [3.63, 3.8) is 0 Å². The summed E-state index contributed by atoms with van der Waals surface area (Å²) >= 11 is 0. The van der Waals surface area contributed by atoms with Crippen LogP contribution in [0, 0.1) is 0 Å². The molecule has 20 heavy (non-hydrogen) atoms. The van der Waals surface area contributed by atoms with Crippen LogP contribution in [0.25, 0.3) is 10.8 Å². The van der Waals surface area contributed by atoms with Crippen molar-refractivity contribution < 1.29 is 14.9 Å². The summed E-state index contributed by atoms with van der Waals surface area (Å²) in [7, 11) is 0. The highest BCUT2D eigenvalue weighted by molar-refractivity contribution is 5.89. The summed E-state index contributed by atoms with van der Waals surface area (Å²) in [6.07, 6.45) is -0.585. The number of fused-ring (bicyclic) bond motifs is 1. The zero-order valence-electron chi connectivity index (χ0n) is 11.8. The van der Waals surface area contributed by atoms with E-state index >= 15 is 0 Å². The number of phenolic OH excluding ortho intramolecular Hbond substituents is 1. The van der Waals surface area contributed by atoms with Gasteiger partial charge in [0.2, 0.25) is 0 Å². The van der Waals surface area contributed by atoms with Gasteiger partial charge in [-0.1, -0.05) is 38.1 Å². The fourth-order valence-electron chi connectivity index (χ4n) is 2.00. The van der Waals surface area contributed by atoms with Crippen molar-refractivity contribution in [1.29, 1.82) is 0 Å². The summed E-state index contributed by atoms with van der Waals surface area (Å²) in [6.45, 7) is 4.72. The average molecular weight is 275 g/mol. The number of hydrogen-bond acceptors (Lipinski definition) is 4. The van der Waals surface area contributed by atoms with E-state index in [1.165, 1.54) is 0 Å². The Labute approximate surface area is 119 Å². The van der Waals surface area contributed by atoms with Crippen LogP contribution in [-0.2, 0) is 0 Å². The Morgan fingerprint density at radius 3 is 2.70 bits per heavy atom. The molecule has 0 amide bonds. The van der Waals surface area contributed by atoms with Gasteiger partial charge in [0.1, 0.15) is 24.2 Å². The molecule has 0 saturated carbocycles. The first-order valence-electron chi connectivity index (χ1n) is 6.82. The second-order valence-corrected chi connectivity index (χ2v) is 5.19. The van der Waals surface area contributed by atoms with Crippen LogP contribution in [0.1, 0.15) is 13.8 Å². The molecule has 2 rings (SSSR count). The highest BCUT2D eigenvalue weighted by Crippen LogP contribution is 2.30. The maximum absolute atomic E-state index is 9.85. The van der Waals surface area contributed by atoms with Crippen molar-refractivity contribution in [1.82, 2.24) is 5.32 Å². The first kappa shape index (κ1) is 14.6. The van der Waals surface area contributed by atoms with E-state index in [9.17, 15) is 10.2 Å². The van der Waals surface area contributed by atoms with Gasteiger partial charge in [0.05, 0.1) is 0 Å². The Morgan fingerprint density at radius 1 is 1.20 bits per heavy atom. The van der Waals surface area contributed by atoms with Crippen LogP contribution in [0.3, 0.4) is 0 Å². The summed E-state index contributed by atoms with van der Waals surface area (Å²) in [4.78, 5) is 0. The van der Waals surface area contributed by atoms with Gasteiger partial charge in [0, 0.05) is 24.0 Å². The quantitative estimate of drug-likeness (QED) is 0.757. The number of ether oxygens (including phenoxy) is 1. The molecule has 0 bridgehead atoms. The molecule has 0 spiro atoms. The fraction of sp³-hybridized carbons (Fsp3) is 0.375. The van der Waals surface area contributed by atoms with Crippen molar-refractivity contribution in [3.05, 3.63) is 36.4 Å². The summed E-state index contributed by atoms with van der Waals surface area (Å²) < 4.78 is 5.64. The van der Waals surface area contributed by atoms with Crippen molar-refractivity contribution in [3.8, 4) is 11.5 Å². The lowest BCUT2D eigenvalue weighted by molar-refractivity contribution is 0.105. The Kier molecular flexibility index (Phi) is 4.82. The maximum Gasteiger partial charge on any atom is 0.130 e. The number of aromatic hydroxyl groups is 1. The summed E-state index contributed by atoms with van der Waals surface area (Å²) in [5.74, 6) is 0.748. The van der Waals surface area contributed by atoms with E-state index in [0.717, 1.165) is 10.8 Å². The largest absolute Gasteiger partial charge is 0.508 e. The molecule has 0 saturated heterocycles. The molecule has 1 atom stereocenters. The van der Waals surface area contributed by atoms with Gasteiger partial charge < -0.3 is 20.3 Å². The lowest BCUT2D eigenvalue weighted by atomic mass is 10.1. The molecule has 0 fully saturated rings. The number of aliphatic hydroxyl groups is 1. The molecule has 0 aliphatic carbocycles. The van der Waals surface area contributed by atoms with Crippen LogP contribution >= 0.6 is 0 Å². The van der Waals surface area contributed by atoms with Gasteiger partial charge in [-0.2, -0.15) is 0 Å². The Morgan fingerprint density at radius 2 is 1.95 bits per heavy atom. The van der Waals surface area contributed by atoms with Crippen LogP contribution in [0.15, 0.2) is 36.4 Å².